The maximum Gasteiger partial charge on any atom is 0.242 e. The number of hydrogen-bond donors (Lipinski definition) is 4. The zero-order chi connectivity index (χ0) is 15.1. The highest BCUT2D eigenvalue weighted by Crippen LogP contribution is 2.18. The van der Waals surface area contributed by atoms with Crippen molar-refractivity contribution in [3.63, 3.8) is 0 Å². The van der Waals surface area contributed by atoms with Crippen molar-refractivity contribution in [2.45, 2.75) is 13.0 Å². The van der Waals surface area contributed by atoms with Gasteiger partial charge in [-0.15, -0.1) is 0 Å². The molecule has 1 aromatic heterocycles. The van der Waals surface area contributed by atoms with E-state index in [-0.39, 0.29) is 17.5 Å². The van der Waals surface area contributed by atoms with Gasteiger partial charge in [0.1, 0.15) is 6.04 Å². The molecule has 0 spiro atoms. The zero-order valence-electron chi connectivity index (χ0n) is 11.2. The summed E-state index contributed by atoms with van der Waals surface area (Å²) < 4.78 is 31.5. The smallest absolute Gasteiger partial charge is 0.242 e. The number of aromatic nitrogens is 1. The molecule has 1 atom stereocenters. The van der Waals surface area contributed by atoms with Gasteiger partial charge in [-0.25, -0.2) is 19.6 Å². The Morgan fingerprint density at radius 1 is 1.45 bits per heavy atom. The number of anilines is 2. The van der Waals surface area contributed by atoms with E-state index < -0.39 is 17.7 Å². The van der Waals surface area contributed by atoms with E-state index in [1.807, 2.05) is 5.43 Å². The van der Waals surface area contributed by atoms with E-state index in [0.29, 0.717) is 19.2 Å². The molecule has 0 aliphatic heterocycles. The normalized spacial score (nSPS) is 11.8. The van der Waals surface area contributed by atoms with E-state index in [4.69, 9.17) is 10.6 Å². The summed E-state index contributed by atoms with van der Waals surface area (Å²) in [5.74, 6) is 2.25. The van der Waals surface area contributed by atoms with Crippen LogP contribution in [-0.4, -0.2) is 37.2 Å². The van der Waals surface area contributed by atoms with Gasteiger partial charge >= 0.3 is 0 Å². The highest BCUT2D eigenvalue weighted by molar-refractivity contribution is 5.83. The van der Waals surface area contributed by atoms with Crippen molar-refractivity contribution in [2.75, 3.05) is 31.0 Å². The van der Waals surface area contributed by atoms with E-state index >= 15 is 0 Å². The molecule has 0 fully saturated rings. The van der Waals surface area contributed by atoms with E-state index in [2.05, 4.69) is 15.6 Å². The van der Waals surface area contributed by atoms with Crippen LogP contribution in [0.3, 0.4) is 0 Å². The second-order valence-electron chi connectivity index (χ2n) is 3.94. The third-order valence-corrected chi connectivity index (χ3v) is 2.42. The summed E-state index contributed by atoms with van der Waals surface area (Å²) in [4.78, 5) is 15.3. The van der Waals surface area contributed by atoms with Gasteiger partial charge < -0.3 is 20.8 Å². The van der Waals surface area contributed by atoms with Gasteiger partial charge in [0, 0.05) is 19.7 Å². The van der Waals surface area contributed by atoms with Gasteiger partial charge in [-0.1, -0.05) is 0 Å². The zero-order valence-corrected chi connectivity index (χ0v) is 11.2. The monoisotopic (exact) mass is 289 g/mol. The average molecular weight is 289 g/mol. The summed E-state index contributed by atoms with van der Waals surface area (Å²) in [7, 11) is 1.51. The van der Waals surface area contributed by atoms with Gasteiger partial charge in [0.2, 0.25) is 5.91 Å². The molecule has 0 saturated heterocycles. The van der Waals surface area contributed by atoms with Crippen molar-refractivity contribution < 1.29 is 18.3 Å². The highest BCUT2D eigenvalue weighted by Gasteiger charge is 2.17. The Morgan fingerprint density at radius 3 is 2.70 bits per heavy atom. The van der Waals surface area contributed by atoms with E-state index in [1.54, 1.807) is 0 Å². The molecule has 1 unspecified atom stereocenters. The Hall–Kier alpha value is -2.00. The Morgan fingerprint density at radius 2 is 2.10 bits per heavy atom. The average Bonchev–Trinajstić information content (AvgIpc) is 2.41. The first kappa shape index (κ1) is 16.1. The fourth-order valence-corrected chi connectivity index (χ4v) is 1.37. The number of nitrogen functional groups attached to an aromatic ring is 1. The number of nitrogens with zero attached hydrogens (tertiary/aromatic N) is 1. The minimum absolute atomic E-state index is 0.270. The molecular weight excluding hydrogens is 272 g/mol. The summed E-state index contributed by atoms with van der Waals surface area (Å²) >= 11 is 0. The first-order chi connectivity index (χ1) is 9.49. The molecule has 1 aromatic rings. The molecule has 0 saturated carbocycles. The summed E-state index contributed by atoms with van der Waals surface area (Å²) in [5, 5.41) is 5.11. The van der Waals surface area contributed by atoms with Gasteiger partial charge in [-0.2, -0.15) is 0 Å². The standard InChI is InChI=1S/C11H17F2N5O2/c1-6(11(19)15-3-4-20-2)16-9-7(12)5-8(13)10(17-9)18-14/h5-6H,3-4,14H2,1-2H3,(H,15,19)(H2,16,17,18). The molecule has 0 aliphatic carbocycles. The molecule has 0 aliphatic rings. The van der Waals surface area contributed by atoms with Crippen LogP contribution in [0.5, 0.6) is 0 Å². The summed E-state index contributed by atoms with van der Waals surface area (Å²) in [5.41, 5.74) is 2.00. The van der Waals surface area contributed by atoms with Crippen LogP contribution >= 0.6 is 0 Å². The van der Waals surface area contributed by atoms with Crippen molar-refractivity contribution in [3.8, 4) is 0 Å². The first-order valence-corrected chi connectivity index (χ1v) is 5.85. The molecule has 9 heteroatoms. The Kier molecular flexibility index (Phi) is 6.07. The minimum Gasteiger partial charge on any atom is -0.383 e. The topological polar surface area (TPSA) is 101 Å². The van der Waals surface area contributed by atoms with Crippen LogP contribution in [-0.2, 0) is 9.53 Å². The highest BCUT2D eigenvalue weighted by atomic mass is 19.1. The predicted molar refractivity (Wildman–Crippen MR) is 69.9 cm³/mol. The number of rotatable bonds is 7. The lowest BCUT2D eigenvalue weighted by Crippen LogP contribution is -2.39. The molecule has 0 aromatic carbocycles. The fourth-order valence-electron chi connectivity index (χ4n) is 1.37. The molecule has 112 valence electrons. The van der Waals surface area contributed by atoms with E-state index in [9.17, 15) is 13.6 Å². The third kappa shape index (κ3) is 4.28. The SMILES string of the molecule is COCCNC(=O)C(C)Nc1nc(NN)c(F)cc1F. The second kappa shape index (κ2) is 7.56. The van der Waals surface area contributed by atoms with Crippen LogP contribution in [0.4, 0.5) is 20.4 Å². The molecule has 1 rings (SSSR count). The molecule has 0 radical (unpaired) electrons. The van der Waals surface area contributed by atoms with Gasteiger partial charge in [-0.05, 0) is 6.92 Å². The fraction of sp³-hybridized carbons (Fsp3) is 0.455. The number of ether oxygens (including phenoxy) is 1. The van der Waals surface area contributed by atoms with Crippen LogP contribution in [0.1, 0.15) is 6.92 Å². The summed E-state index contributed by atoms with van der Waals surface area (Å²) in [6, 6.07) is -0.134. The molecule has 7 nitrogen and oxygen atoms in total. The molecular formula is C11H17F2N5O2. The van der Waals surface area contributed by atoms with E-state index in [1.165, 1.54) is 14.0 Å². The van der Waals surface area contributed by atoms with Gasteiger partial charge in [0.25, 0.3) is 0 Å². The number of halogens is 2. The quantitative estimate of drug-likeness (QED) is 0.325. The van der Waals surface area contributed by atoms with Crippen LogP contribution in [0.15, 0.2) is 6.07 Å². The Bertz CT molecular complexity index is 472. The largest absolute Gasteiger partial charge is 0.383 e. The van der Waals surface area contributed by atoms with Crippen LogP contribution < -0.4 is 21.9 Å². The third-order valence-electron chi connectivity index (χ3n) is 2.42. The van der Waals surface area contributed by atoms with Gasteiger partial charge in [-0.3, -0.25) is 4.79 Å². The van der Waals surface area contributed by atoms with Crippen LogP contribution in [0.2, 0.25) is 0 Å². The minimum atomic E-state index is -0.923. The number of carbonyl (C=O) groups excluding carboxylic acids is 1. The van der Waals surface area contributed by atoms with Crippen molar-refractivity contribution in [1.82, 2.24) is 10.3 Å². The summed E-state index contributed by atoms with van der Waals surface area (Å²) in [6.07, 6.45) is 0. The lowest BCUT2D eigenvalue weighted by Gasteiger charge is -2.15. The first-order valence-electron chi connectivity index (χ1n) is 5.85. The van der Waals surface area contributed by atoms with Crippen LogP contribution in [0, 0.1) is 11.6 Å². The lowest BCUT2D eigenvalue weighted by molar-refractivity contribution is -0.121. The number of pyridine rings is 1. The number of amides is 1. The van der Waals surface area contributed by atoms with Crippen molar-refractivity contribution in [1.29, 1.82) is 0 Å². The molecule has 5 N–H and O–H groups in total. The van der Waals surface area contributed by atoms with Crippen LogP contribution in [0.25, 0.3) is 0 Å². The number of carbonyl (C=O) groups is 1. The lowest BCUT2D eigenvalue weighted by atomic mass is 10.3. The molecule has 0 bridgehead atoms. The van der Waals surface area contributed by atoms with Crippen molar-refractivity contribution in [2.24, 2.45) is 5.84 Å². The Balaban J connectivity index is 2.70. The molecule has 1 heterocycles. The number of nitrogens with one attached hydrogen (secondary N) is 3. The maximum absolute atomic E-state index is 13.5. The number of hydrazine groups is 1. The van der Waals surface area contributed by atoms with E-state index in [0.717, 1.165) is 0 Å². The van der Waals surface area contributed by atoms with Crippen molar-refractivity contribution in [3.05, 3.63) is 17.7 Å². The summed E-state index contributed by atoms with van der Waals surface area (Å²) in [6.45, 7) is 2.21. The predicted octanol–water partition coefficient (Wildman–Crippen LogP) is 0.208. The van der Waals surface area contributed by atoms with Gasteiger partial charge in [0.05, 0.1) is 6.61 Å². The van der Waals surface area contributed by atoms with Gasteiger partial charge in [0.15, 0.2) is 23.3 Å². The Labute approximate surface area is 114 Å². The number of methoxy groups -OCH3 is 1. The van der Waals surface area contributed by atoms with Crippen molar-refractivity contribution >= 4 is 17.5 Å². The molecule has 20 heavy (non-hydrogen) atoms. The molecule has 1 amide bonds. The maximum atomic E-state index is 13.5. The number of hydrogen-bond acceptors (Lipinski definition) is 6. The second-order valence-corrected chi connectivity index (χ2v) is 3.94. The number of nitrogens with two attached hydrogens (primary N) is 1.